The number of rotatable bonds is 4. The zero-order valence-electron chi connectivity index (χ0n) is 9.56. The lowest BCUT2D eigenvalue weighted by Gasteiger charge is -2.04. The van der Waals surface area contributed by atoms with E-state index in [0.717, 1.165) is 12.0 Å². The molecule has 0 amide bonds. The Morgan fingerprint density at radius 1 is 1.22 bits per heavy atom. The van der Waals surface area contributed by atoms with Crippen molar-refractivity contribution in [3.8, 4) is 0 Å². The average molecular weight is 247 g/mol. The number of nitrogens with two attached hydrogens (primary N) is 1. The maximum Gasteiger partial charge on any atom is 0.342 e. The third-order valence-corrected chi connectivity index (χ3v) is 2.40. The molecule has 0 spiro atoms. The van der Waals surface area contributed by atoms with Gasteiger partial charge in [0.2, 0.25) is 5.82 Å². The van der Waals surface area contributed by atoms with Crippen molar-refractivity contribution in [2.75, 3.05) is 17.6 Å². The van der Waals surface area contributed by atoms with Gasteiger partial charge in [-0.2, -0.15) is 0 Å². The summed E-state index contributed by atoms with van der Waals surface area (Å²) in [4.78, 5) is 24.2. The summed E-state index contributed by atoms with van der Waals surface area (Å²) < 4.78 is 0. The van der Waals surface area contributed by atoms with Gasteiger partial charge in [-0.1, -0.05) is 12.1 Å². The topological polar surface area (TPSA) is 117 Å². The highest BCUT2D eigenvalue weighted by Crippen LogP contribution is 2.05. The molecule has 0 aliphatic carbocycles. The van der Waals surface area contributed by atoms with Crippen molar-refractivity contribution in [1.29, 1.82) is 0 Å². The van der Waals surface area contributed by atoms with Crippen molar-refractivity contribution in [3.05, 3.63) is 50.7 Å². The SMILES string of the molecule is Nc1ccc(CCNc2n[nH]c(=O)[nH]c2=O)cc1. The van der Waals surface area contributed by atoms with Gasteiger partial charge < -0.3 is 11.1 Å². The fourth-order valence-electron chi connectivity index (χ4n) is 1.48. The Balaban J connectivity index is 1.94. The average Bonchev–Trinajstić information content (AvgIpc) is 2.34. The molecule has 18 heavy (non-hydrogen) atoms. The maximum absolute atomic E-state index is 11.3. The first kappa shape index (κ1) is 11.9. The smallest absolute Gasteiger partial charge is 0.342 e. The van der Waals surface area contributed by atoms with Crippen LogP contribution in [0.4, 0.5) is 11.5 Å². The van der Waals surface area contributed by atoms with E-state index < -0.39 is 11.2 Å². The van der Waals surface area contributed by atoms with Gasteiger partial charge in [-0.25, -0.2) is 9.89 Å². The van der Waals surface area contributed by atoms with Crippen molar-refractivity contribution in [2.24, 2.45) is 0 Å². The largest absolute Gasteiger partial charge is 0.399 e. The Labute approximate surface area is 102 Å². The molecule has 0 aliphatic rings. The predicted molar refractivity (Wildman–Crippen MR) is 68.5 cm³/mol. The minimum atomic E-state index is -0.621. The molecule has 0 bridgehead atoms. The summed E-state index contributed by atoms with van der Waals surface area (Å²) in [6.45, 7) is 0.534. The molecule has 0 radical (unpaired) electrons. The van der Waals surface area contributed by atoms with Crippen LogP contribution in [0.5, 0.6) is 0 Å². The summed E-state index contributed by atoms with van der Waals surface area (Å²) in [7, 11) is 0. The molecule has 0 saturated carbocycles. The molecule has 0 aliphatic heterocycles. The molecule has 0 saturated heterocycles. The van der Waals surface area contributed by atoms with E-state index in [1.807, 2.05) is 24.3 Å². The van der Waals surface area contributed by atoms with Gasteiger partial charge in [0.05, 0.1) is 0 Å². The number of hydrogen-bond donors (Lipinski definition) is 4. The fraction of sp³-hybridized carbons (Fsp3) is 0.182. The third kappa shape index (κ3) is 2.97. The van der Waals surface area contributed by atoms with E-state index in [2.05, 4.69) is 20.5 Å². The highest BCUT2D eigenvalue weighted by molar-refractivity contribution is 5.39. The lowest BCUT2D eigenvalue weighted by atomic mass is 10.1. The quantitative estimate of drug-likeness (QED) is 0.553. The van der Waals surface area contributed by atoms with Crippen LogP contribution in [0.2, 0.25) is 0 Å². The van der Waals surface area contributed by atoms with Crippen molar-refractivity contribution >= 4 is 11.5 Å². The van der Waals surface area contributed by atoms with Crippen LogP contribution in [0.25, 0.3) is 0 Å². The van der Waals surface area contributed by atoms with E-state index in [4.69, 9.17) is 5.73 Å². The number of nitrogens with zero attached hydrogens (tertiary/aromatic N) is 1. The van der Waals surface area contributed by atoms with E-state index in [-0.39, 0.29) is 5.82 Å². The molecular formula is C11H13N5O2. The molecular weight excluding hydrogens is 234 g/mol. The summed E-state index contributed by atoms with van der Waals surface area (Å²) in [5, 5.41) is 8.61. The second-order valence-corrected chi connectivity index (χ2v) is 3.77. The number of aromatic nitrogens is 3. The van der Waals surface area contributed by atoms with Gasteiger partial charge in [0.1, 0.15) is 0 Å². The molecule has 7 nitrogen and oxygen atoms in total. The van der Waals surface area contributed by atoms with E-state index in [0.29, 0.717) is 12.2 Å². The van der Waals surface area contributed by atoms with Gasteiger partial charge in [-0.3, -0.25) is 9.78 Å². The molecule has 0 fully saturated rings. The molecule has 1 heterocycles. The van der Waals surface area contributed by atoms with Crippen LogP contribution < -0.4 is 22.3 Å². The number of nitrogen functional groups attached to an aromatic ring is 1. The number of benzene rings is 1. The molecule has 0 unspecified atom stereocenters. The highest BCUT2D eigenvalue weighted by Gasteiger charge is 2.00. The molecule has 5 N–H and O–H groups in total. The van der Waals surface area contributed by atoms with E-state index >= 15 is 0 Å². The van der Waals surface area contributed by atoms with Gasteiger partial charge in [-0.15, -0.1) is 5.10 Å². The van der Waals surface area contributed by atoms with Crippen molar-refractivity contribution in [2.45, 2.75) is 6.42 Å². The van der Waals surface area contributed by atoms with E-state index in [1.54, 1.807) is 0 Å². The van der Waals surface area contributed by atoms with Crippen LogP contribution in [0.1, 0.15) is 5.56 Å². The number of aromatic amines is 2. The molecule has 1 aromatic heterocycles. The highest BCUT2D eigenvalue weighted by atomic mass is 16.2. The normalized spacial score (nSPS) is 10.2. The summed E-state index contributed by atoms with van der Waals surface area (Å²) in [5.41, 5.74) is 6.23. The number of hydrogen-bond acceptors (Lipinski definition) is 5. The standard InChI is InChI=1S/C11H13N5O2/c12-8-3-1-7(2-4-8)5-6-13-9-10(17)14-11(18)16-15-9/h1-4H,5-6,12H2,(H,13,15)(H2,14,16,17,18). The Morgan fingerprint density at radius 2 is 1.94 bits per heavy atom. The first-order valence-corrected chi connectivity index (χ1v) is 5.42. The lowest BCUT2D eigenvalue weighted by Crippen LogP contribution is -2.27. The van der Waals surface area contributed by atoms with Crippen LogP contribution in [0.15, 0.2) is 33.9 Å². The van der Waals surface area contributed by atoms with Crippen molar-refractivity contribution in [1.82, 2.24) is 15.2 Å². The minimum Gasteiger partial charge on any atom is -0.399 e. The van der Waals surface area contributed by atoms with E-state index in [1.165, 1.54) is 0 Å². The van der Waals surface area contributed by atoms with Crippen LogP contribution in [0.3, 0.4) is 0 Å². The number of anilines is 2. The second-order valence-electron chi connectivity index (χ2n) is 3.77. The Kier molecular flexibility index (Phi) is 3.42. The molecule has 2 rings (SSSR count). The van der Waals surface area contributed by atoms with E-state index in [9.17, 15) is 9.59 Å². The minimum absolute atomic E-state index is 0.102. The predicted octanol–water partition coefficient (Wildman–Crippen LogP) is -0.305. The second kappa shape index (κ2) is 5.17. The first-order chi connectivity index (χ1) is 8.65. The number of H-pyrrole nitrogens is 2. The Morgan fingerprint density at radius 3 is 2.61 bits per heavy atom. The molecule has 2 aromatic rings. The van der Waals surface area contributed by atoms with Gasteiger partial charge in [-0.05, 0) is 24.1 Å². The summed E-state index contributed by atoms with van der Waals surface area (Å²) in [6, 6.07) is 7.48. The van der Waals surface area contributed by atoms with Gasteiger partial charge in [0, 0.05) is 12.2 Å². The first-order valence-electron chi connectivity index (χ1n) is 5.42. The zero-order valence-corrected chi connectivity index (χ0v) is 9.56. The maximum atomic E-state index is 11.3. The van der Waals surface area contributed by atoms with Gasteiger partial charge >= 0.3 is 5.69 Å². The van der Waals surface area contributed by atoms with Crippen LogP contribution in [-0.2, 0) is 6.42 Å². The lowest BCUT2D eigenvalue weighted by molar-refractivity contribution is 0.877. The summed E-state index contributed by atoms with van der Waals surface area (Å²) >= 11 is 0. The molecule has 1 aromatic carbocycles. The van der Waals surface area contributed by atoms with Crippen LogP contribution in [0, 0.1) is 0 Å². The Hall–Kier alpha value is -2.57. The molecule has 7 heteroatoms. The van der Waals surface area contributed by atoms with Gasteiger partial charge in [0.15, 0.2) is 0 Å². The van der Waals surface area contributed by atoms with Crippen molar-refractivity contribution < 1.29 is 0 Å². The summed E-state index contributed by atoms with van der Waals surface area (Å²) in [5.74, 6) is 0.102. The molecule has 0 atom stereocenters. The van der Waals surface area contributed by atoms with Crippen LogP contribution >= 0.6 is 0 Å². The monoisotopic (exact) mass is 247 g/mol. The third-order valence-electron chi connectivity index (χ3n) is 2.40. The van der Waals surface area contributed by atoms with Crippen molar-refractivity contribution in [3.63, 3.8) is 0 Å². The summed E-state index contributed by atoms with van der Waals surface area (Å²) in [6.07, 6.45) is 0.723. The van der Waals surface area contributed by atoms with Crippen LogP contribution in [-0.4, -0.2) is 21.7 Å². The number of nitrogens with one attached hydrogen (secondary N) is 3. The fourth-order valence-corrected chi connectivity index (χ4v) is 1.48. The Bertz CT molecular complexity index is 629. The zero-order chi connectivity index (χ0) is 13.0. The molecule has 94 valence electrons. The van der Waals surface area contributed by atoms with Gasteiger partial charge in [0.25, 0.3) is 5.56 Å².